The quantitative estimate of drug-likeness (QED) is 0.548. The van der Waals surface area contributed by atoms with E-state index >= 15 is 0 Å². The summed E-state index contributed by atoms with van der Waals surface area (Å²) in [7, 11) is 1.23. The zero-order chi connectivity index (χ0) is 11.4. The molecule has 0 unspecified atom stereocenters. The van der Waals surface area contributed by atoms with Crippen molar-refractivity contribution in [2.24, 2.45) is 12.2 Å². The van der Waals surface area contributed by atoms with Crippen molar-refractivity contribution in [2.45, 2.75) is 0 Å². The van der Waals surface area contributed by atoms with E-state index < -0.39 is 16.9 Å². The number of nitrogens with zero attached hydrogens (tertiary/aromatic N) is 2. The molecule has 1 heterocycles. The van der Waals surface area contributed by atoms with Crippen LogP contribution >= 0.6 is 0 Å². The topological polar surface area (TPSA) is 117 Å². The number of nitrogens with one attached hydrogen (secondary N) is 2. The van der Waals surface area contributed by atoms with Gasteiger partial charge in [-0.25, -0.2) is 4.79 Å². The summed E-state index contributed by atoms with van der Waals surface area (Å²) in [5, 5.41) is 13.6. The third kappa shape index (κ3) is 2.10. The third-order valence-electron chi connectivity index (χ3n) is 1.79. The third-order valence-corrected chi connectivity index (χ3v) is 1.79. The van der Waals surface area contributed by atoms with Gasteiger partial charge in [-0.15, -0.1) is 4.91 Å². The van der Waals surface area contributed by atoms with Crippen LogP contribution in [-0.2, 0) is 7.05 Å². The number of anilines is 1. The zero-order valence-corrected chi connectivity index (χ0v) is 7.98. The Kier molecular flexibility index (Phi) is 3.34. The average molecular weight is 214 g/mol. The highest BCUT2D eigenvalue weighted by Gasteiger charge is 2.11. The zero-order valence-electron chi connectivity index (χ0n) is 7.98. The van der Waals surface area contributed by atoms with Crippen LogP contribution in [0.5, 0.6) is 0 Å². The van der Waals surface area contributed by atoms with Crippen molar-refractivity contribution in [1.29, 1.82) is 0 Å². The number of hydrogen-bond acceptors (Lipinski definition) is 6. The maximum Gasteiger partial charge on any atom is 0.329 e. The van der Waals surface area contributed by atoms with Crippen LogP contribution in [0.1, 0.15) is 0 Å². The van der Waals surface area contributed by atoms with Gasteiger partial charge in [0.25, 0.3) is 5.56 Å². The van der Waals surface area contributed by atoms with E-state index in [0.717, 1.165) is 4.57 Å². The molecule has 0 saturated heterocycles. The molecule has 0 fully saturated rings. The molecule has 0 aliphatic heterocycles. The number of aliphatic hydroxyl groups is 1. The van der Waals surface area contributed by atoms with E-state index in [-0.39, 0.29) is 19.0 Å². The van der Waals surface area contributed by atoms with Gasteiger partial charge in [0.1, 0.15) is 5.82 Å². The summed E-state index contributed by atoms with van der Waals surface area (Å²) < 4.78 is 0.737. The van der Waals surface area contributed by atoms with Gasteiger partial charge >= 0.3 is 5.69 Å². The number of rotatable bonds is 4. The Morgan fingerprint density at radius 3 is 2.73 bits per heavy atom. The molecule has 0 atom stereocenters. The Bertz CT molecular complexity index is 475. The summed E-state index contributed by atoms with van der Waals surface area (Å²) in [6, 6.07) is 0. The van der Waals surface area contributed by atoms with E-state index in [1.54, 1.807) is 0 Å². The molecular formula is C7H10N4O4. The normalized spacial score (nSPS) is 10.0. The summed E-state index contributed by atoms with van der Waals surface area (Å²) in [6.07, 6.45) is 0. The second-order valence-corrected chi connectivity index (χ2v) is 2.76. The van der Waals surface area contributed by atoms with Crippen molar-refractivity contribution in [3.8, 4) is 0 Å². The van der Waals surface area contributed by atoms with Gasteiger partial charge in [0.15, 0.2) is 0 Å². The molecule has 1 aromatic rings. The van der Waals surface area contributed by atoms with Crippen LogP contribution in [0.4, 0.5) is 11.5 Å². The minimum Gasteiger partial charge on any atom is -0.395 e. The molecule has 3 N–H and O–H groups in total. The van der Waals surface area contributed by atoms with Gasteiger partial charge in [-0.1, -0.05) is 0 Å². The number of nitroso groups, excluding NO2 is 1. The number of hydrogen-bond donors (Lipinski definition) is 3. The lowest BCUT2D eigenvalue weighted by Crippen LogP contribution is -2.33. The van der Waals surface area contributed by atoms with Gasteiger partial charge in [-0.05, 0) is 5.18 Å². The minimum absolute atomic E-state index is 0.0767. The second-order valence-electron chi connectivity index (χ2n) is 2.76. The maximum atomic E-state index is 11.4. The lowest BCUT2D eigenvalue weighted by Gasteiger charge is -2.06. The molecule has 15 heavy (non-hydrogen) atoms. The molecule has 0 amide bonds. The molecule has 8 heteroatoms. The standard InChI is InChI=1S/C7H10N4O4/c1-11-6(13)4(10-15)5(8-2-3-12)9-7(11)14/h8,12H,2-3H2,1H3,(H,9,14). The lowest BCUT2D eigenvalue weighted by molar-refractivity contribution is 0.311. The van der Waals surface area contributed by atoms with Gasteiger partial charge in [-0.2, -0.15) is 0 Å². The lowest BCUT2D eigenvalue weighted by atomic mass is 10.4. The Morgan fingerprint density at radius 1 is 1.53 bits per heavy atom. The molecular weight excluding hydrogens is 204 g/mol. The Labute approximate surface area is 83.5 Å². The fraction of sp³-hybridized carbons (Fsp3) is 0.429. The first-order valence-corrected chi connectivity index (χ1v) is 4.13. The van der Waals surface area contributed by atoms with Gasteiger partial charge < -0.3 is 10.4 Å². The van der Waals surface area contributed by atoms with Crippen molar-refractivity contribution >= 4 is 11.5 Å². The Balaban J connectivity index is 3.32. The summed E-state index contributed by atoms with van der Waals surface area (Å²) in [6.45, 7) is -0.0961. The average Bonchev–Trinajstić information content (AvgIpc) is 2.23. The first kappa shape index (κ1) is 11.1. The summed E-state index contributed by atoms with van der Waals surface area (Å²) in [5.74, 6) is -0.0767. The van der Waals surface area contributed by atoms with Gasteiger partial charge in [-0.3, -0.25) is 14.3 Å². The van der Waals surface area contributed by atoms with Crippen molar-refractivity contribution in [3.05, 3.63) is 25.7 Å². The summed E-state index contributed by atoms with van der Waals surface area (Å²) >= 11 is 0. The molecule has 0 radical (unpaired) electrons. The fourth-order valence-corrected chi connectivity index (χ4v) is 1.00. The first-order valence-electron chi connectivity index (χ1n) is 4.13. The van der Waals surface area contributed by atoms with Crippen LogP contribution in [0.3, 0.4) is 0 Å². The first-order chi connectivity index (χ1) is 7.11. The van der Waals surface area contributed by atoms with E-state index in [1.807, 2.05) is 0 Å². The fourth-order valence-electron chi connectivity index (χ4n) is 1.00. The predicted molar refractivity (Wildman–Crippen MR) is 53.3 cm³/mol. The van der Waals surface area contributed by atoms with E-state index in [0.29, 0.717) is 0 Å². The summed E-state index contributed by atoms with van der Waals surface area (Å²) in [4.78, 5) is 35.2. The highest BCUT2D eigenvalue weighted by molar-refractivity contribution is 5.58. The van der Waals surface area contributed by atoms with Crippen LogP contribution in [0.25, 0.3) is 0 Å². The molecule has 8 nitrogen and oxygen atoms in total. The van der Waals surface area contributed by atoms with Crippen molar-refractivity contribution in [1.82, 2.24) is 9.55 Å². The molecule has 0 aliphatic rings. The number of H-pyrrole nitrogens is 1. The summed E-state index contributed by atoms with van der Waals surface area (Å²) in [5.41, 5.74) is -1.85. The van der Waals surface area contributed by atoms with E-state index in [2.05, 4.69) is 15.5 Å². The van der Waals surface area contributed by atoms with Crippen LogP contribution < -0.4 is 16.6 Å². The molecule has 0 bridgehead atoms. The maximum absolute atomic E-state index is 11.4. The van der Waals surface area contributed by atoms with Gasteiger partial charge in [0, 0.05) is 13.6 Å². The number of aromatic amines is 1. The molecule has 0 aliphatic carbocycles. The van der Waals surface area contributed by atoms with Crippen LogP contribution in [0, 0.1) is 4.91 Å². The number of aromatic nitrogens is 2. The molecule has 0 spiro atoms. The van der Waals surface area contributed by atoms with Gasteiger partial charge in [0.2, 0.25) is 5.69 Å². The van der Waals surface area contributed by atoms with E-state index in [9.17, 15) is 14.5 Å². The predicted octanol–water partition coefficient (Wildman–Crippen LogP) is -1.12. The highest BCUT2D eigenvalue weighted by Crippen LogP contribution is 2.13. The molecule has 82 valence electrons. The van der Waals surface area contributed by atoms with Crippen LogP contribution in [0.2, 0.25) is 0 Å². The monoisotopic (exact) mass is 214 g/mol. The van der Waals surface area contributed by atoms with E-state index in [4.69, 9.17) is 5.11 Å². The number of aliphatic hydroxyl groups excluding tert-OH is 1. The van der Waals surface area contributed by atoms with Crippen molar-refractivity contribution < 1.29 is 5.11 Å². The Hall–Kier alpha value is -1.96. The molecule has 0 aromatic carbocycles. The van der Waals surface area contributed by atoms with Gasteiger partial charge in [0.05, 0.1) is 6.61 Å². The van der Waals surface area contributed by atoms with Crippen LogP contribution in [0.15, 0.2) is 14.8 Å². The van der Waals surface area contributed by atoms with Crippen molar-refractivity contribution in [3.63, 3.8) is 0 Å². The minimum atomic E-state index is -0.783. The highest BCUT2D eigenvalue weighted by atomic mass is 16.3. The molecule has 0 saturated carbocycles. The molecule has 1 rings (SSSR count). The smallest absolute Gasteiger partial charge is 0.329 e. The van der Waals surface area contributed by atoms with Crippen molar-refractivity contribution in [2.75, 3.05) is 18.5 Å². The second kappa shape index (κ2) is 4.51. The molecule has 1 aromatic heterocycles. The largest absolute Gasteiger partial charge is 0.395 e. The SMILES string of the molecule is Cn1c(=O)[nH]c(NCCO)c(N=O)c1=O. The van der Waals surface area contributed by atoms with E-state index in [1.165, 1.54) is 7.05 Å². The Morgan fingerprint density at radius 2 is 2.20 bits per heavy atom. The van der Waals surface area contributed by atoms with Crippen LogP contribution in [-0.4, -0.2) is 27.8 Å².